The third-order valence-corrected chi connectivity index (χ3v) is 5.40. The maximum Gasteiger partial charge on any atom is 0.296 e. The molecule has 0 spiro atoms. The van der Waals surface area contributed by atoms with Crippen LogP contribution in [0, 0.1) is 11.8 Å². The van der Waals surface area contributed by atoms with E-state index in [0.29, 0.717) is 28.9 Å². The van der Waals surface area contributed by atoms with Crippen LogP contribution in [0.3, 0.4) is 0 Å². The van der Waals surface area contributed by atoms with Crippen molar-refractivity contribution in [2.75, 3.05) is 6.54 Å². The smallest absolute Gasteiger partial charge is 0.296 e. The summed E-state index contributed by atoms with van der Waals surface area (Å²) in [5.41, 5.74) is 5.45. The second-order valence-electron chi connectivity index (χ2n) is 7.95. The Morgan fingerprint density at radius 2 is 1.83 bits per heavy atom. The number of aromatic nitrogens is 1. The monoisotopic (exact) mass is 461 g/mol. The van der Waals surface area contributed by atoms with E-state index in [-0.39, 0.29) is 11.8 Å². The summed E-state index contributed by atoms with van der Waals surface area (Å²) in [6.45, 7) is 4.48. The van der Waals surface area contributed by atoms with Crippen molar-refractivity contribution in [2.24, 2.45) is 4.99 Å². The average Bonchev–Trinajstić information content (AvgIpc) is 3.21. The number of rotatable bonds is 6. The quantitative estimate of drug-likeness (QED) is 0.245. The van der Waals surface area contributed by atoms with Crippen molar-refractivity contribution in [3.63, 3.8) is 0 Å². The fourth-order valence-electron chi connectivity index (χ4n) is 3.74. The zero-order valence-corrected chi connectivity index (χ0v) is 19.8. The van der Waals surface area contributed by atoms with E-state index in [1.165, 1.54) is 0 Å². The van der Waals surface area contributed by atoms with Gasteiger partial charge in [-0.3, -0.25) is 4.79 Å². The van der Waals surface area contributed by atoms with E-state index in [0.717, 1.165) is 28.6 Å². The molecule has 0 aliphatic heterocycles. The molecule has 35 heavy (non-hydrogen) atoms. The van der Waals surface area contributed by atoms with Crippen LogP contribution in [0.25, 0.3) is 17.0 Å². The number of amides is 1. The lowest BCUT2D eigenvalue weighted by Gasteiger charge is -2.08. The molecule has 0 radical (unpaired) electrons. The van der Waals surface area contributed by atoms with Crippen LogP contribution in [0.5, 0.6) is 5.88 Å². The van der Waals surface area contributed by atoms with Crippen molar-refractivity contribution < 1.29 is 9.90 Å². The van der Waals surface area contributed by atoms with E-state index in [1.54, 1.807) is 0 Å². The minimum atomic E-state index is -0.322. The predicted octanol–water partition coefficient (Wildman–Crippen LogP) is 5.95. The van der Waals surface area contributed by atoms with Crippen LogP contribution in [0.4, 0.5) is 5.69 Å². The van der Waals surface area contributed by atoms with Gasteiger partial charge in [-0.05, 0) is 43.2 Å². The lowest BCUT2D eigenvalue weighted by Crippen LogP contribution is -2.20. The largest absolute Gasteiger partial charge is 0.494 e. The number of carbonyl (C=O) groups is 1. The van der Waals surface area contributed by atoms with E-state index >= 15 is 0 Å². The molecule has 1 heterocycles. The number of nitrogens with one attached hydrogen (secondary N) is 2. The topological polar surface area (TPSA) is 77.5 Å². The van der Waals surface area contributed by atoms with Gasteiger partial charge >= 0.3 is 0 Å². The number of fused-ring (bicyclic) bond motifs is 1. The number of carbonyl (C=O) groups excluding carboxylic acids is 1. The van der Waals surface area contributed by atoms with Gasteiger partial charge in [0.15, 0.2) is 5.88 Å². The van der Waals surface area contributed by atoms with Crippen molar-refractivity contribution in [1.82, 2.24) is 10.3 Å². The first-order valence-corrected chi connectivity index (χ1v) is 11.6. The zero-order chi connectivity index (χ0) is 24.6. The van der Waals surface area contributed by atoms with Crippen LogP contribution in [0.15, 0.2) is 83.9 Å². The second-order valence-corrected chi connectivity index (χ2v) is 7.95. The molecule has 3 aromatic carbocycles. The summed E-state index contributed by atoms with van der Waals surface area (Å²) >= 11 is 0. The molecule has 0 bridgehead atoms. The summed E-state index contributed by atoms with van der Waals surface area (Å²) in [5, 5.41) is 14.4. The van der Waals surface area contributed by atoms with Crippen molar-refractivity contribution in [1.29, 1.82) is 0 Å². The summed E-state index contributed by atoms with van der Waals surface area (Å²) in [4.78, 5) is 19.7. The van der Waals surface area contributed by atoms with Crippen LogP contribution >= 0.6 is 0 Å². The highest BCUT2D eigenvalue weighted by molar-refractivity contribution is 6.22. The molecule has 4 rings (SSSR count). The van der Waals surface area contributed by atoms with Gasteiger partial charge in [-0.2, -0.15) is 0 Å². The fourth-order valence-corrected chi connectivity index (χ4v) is 3.74. The molecule has 5 heteroatoms. The first-order valence-electron chi connectivity index (χ1n) is 11.6. The molecule has 174 valence electrons. The molecule has 0 saturated heterocycles. The van der Waals surface area contributed by atoms with E-state index in [1.807, 2.05) is 79.7 Å². The molecule has 4 aromatic rings. The normalized spacial score (nSPS) is 11.4. The molecule has 0 unspecified atom stereocenters. The van der Waals surface area contributed by atoms with Gasteiger partial charge in [0.2, 0.25) is 0 Å². The van der Waals surface area contributed by atoms with Crippen LogP contribution in [-0.2, 0) is 4.79 Å². The van der Waals surface area contributed by atoms with Gasteiger partial charge in [-0.1, -0.05) is 73.5 Å². The Morgan fingerprint density at radius 1 is 1.06 bits per heavy atom. The molecular formula is C30H27N3O2. The molecule has 0 aliphatic carbocycles. The Balaban J connectivity index is 1.79. The van der Waals surface area contributed by atoms with Gasteiger partial charge < -0.3 is 15.4 Å². The molecule has 0 aliphatic rings. The first kappa shape index (κ1) is 23.6. The Kier molecular flexibility index (Phi) is 7.44. The van der Waals surface area contributed by atoms with E-state index in [4.69, 9.17) is 4.99 Å². The van der Waals surface area contributed by atoms with Gasteiger partial charge in [0.25, 0.3) is 5.91 Å². The number of H-pyrrole nitrogens is 1. The standard InChI is InChI=1S/C30H27N3O2/c1-3-5-9-21-12-16-24(17-13-21)32-29(23-10-7-6-8-11-23)28-25-18-14-22(15-19-27(34)31-4-2)20-26(25)33-30(28)35/h5-14,16-18,20,33,35H,3-4H2,1-2H3,(H,31,34)/b9-5-,32-29?. The van der Waals surface area contributed by atoms with Crippen LogP contribution in [-0.4, -0.2) is 28.3 Å². The summed E-state index contributed by atoms with van der Waals surface area (Å²) in [5.74, 6) is 5.16. The molecule has 1 aromatic heterocycles. The summed E-state index contributed by atoms with van der Waals surface area (Å²) in [6, 6.07) is 23.3. The van der Waals surface area contributed by atoms with Crippen molar-refractivity contribution in [3.8, 4) is 17.7 Å². The van der Waals surface area contributed by atoms with Gasteiger partial charge in [-0.15, -0.1) is 0 Å². The third-order valence-electron chi connectivity index (χ3n) is 5.40. The zero-order valence-electron chi connectivity index (χ0n) is 19.8. The van der Waals surface area contributed by atoms with Crippen LogP contribution in [0.1, 0.15) is 42.5 Å². The SMILES string of the molecule is CC/C=C\c1ccc(N=C(c2ccccc2)c2c(O)[nH]c3cc(C#CC(=O)NCC)ccc23)cc1. The Hall–Kier alpha value is -4.56. The van der Waals surface area contributed by atoms with E-state index in [9.17, 15) is 9.90 Å². The van der Waals surface area contributed by atoms with Crippen molar-refractivity contribution >= 4 is 34.3 Å². The van der Waals surface area contributed by atoms with Crippen LogP contribution in [0.2, 0.25) is 0 Å². The lowest BCUT2D eigenvalue weighted by molar-refractivity contribution is -0.115. The maximum atomic E-state index is 11.7. The molecule has 3 N–H and O–H groups in total. The highest BCUT2D eigenvalue weighted by atomic mass is 16.3. The van der Waals surface area contributed by atoms with Gasteiger partial charge in [-0.25, -0.2) is 4.99 Å². The number of nitrogens with zero attached hydrogens (tertiary/aromatic N) is 1. The van der Waals surface area contributed by atoms with Crippen molar-refractivity contribution in [2.45, 2.75) is 20.3 Å². The molecular weight excluding hydrogens is 434 g/mol. The minimum Gasteiger partial charge on any atom is -0.494 e. The summed E-state index contributed by atoms with van der Waals surface area (Å²) in [6.07, 6.45) is 5.19. The fraction of sp³-hybridized carbons (Fsp3) is 0.133. The highest BCUT2D eigenvalue weighted by Crippen LogP contribution is 2.32. The Labute approximate surface area is 205 Å². The lowest BCUT2D eigenvalue weighted by atomic mass is 10.00. The highest BCUT2D eigenvalue weighted by Gasteiger charge is 2.18. The molecule has 0 atom stereocenters. The van der Waals surface area contributed by atoms with Gasteiger partial charge in [0.1, 0.15) is 0 Å². The molecule has 5 nitrogen and oxygen atoms in total. The first-order chi connectivity index (χ1) is 17.1. The van der Waals surface area contributed by atoms with Crippen LogP contribution < -0.4 is 5.32 Å². The molecule has 0 saturated carbocycles. The number of aromatic amines is 1. The summed E-state index contributed by atoms with van der Waals surface area (Å²) in [7, 11) is 0. The third kappa shape index (κ3) is 5.69. The van der Waals surface area contributed by atoms with E-state index < -0.39 is 0 Å². The van der Waals surface area contributed by atoms with E-state index in [2.05, 4.69) is 41.2 Å². The maximum absolute atomic E-state index is 11.7. The molecule has 0 fully saturated rings. The number of aliphatic imine (C=N–C) groups is 1. The number of hydrogen-bond donors (Lipinski definition) is 3. The van der Waals surface area contributed by atoms with Crippen molar-refractivity contribution in [3.05, 3.63) is 101 Å². The number of benzene rings is 3. The number of allylic oxidation sites excluding steroid dienone is 1. The minimum absolute atomic E-state index is 0.0268. The number of hydrogen-bond acceptors (Lipinski definition) is 3. The summed E-state index contributed by atoms with van der Waals surface area (Å²) < 4.78 is 0. The molecule has 1 amide bonds. The van der Waals surface area contributed by atoms with Gasteiger partial charge in [0, 0.05) is 29.0 Å². The Morgan fingerprint density at radius 3 is 2.54 bits per heavy atom. The predicted molar refractivity (Wildman–Crippen MR) is 143 cm³/mol. The Bertz CT molecular complexity index is 1450. The number of aromatic hydroxyl groups is 1. The van der Waals surface area contributed by atoms with Gasteiger partial charge in [0.05, 0.1) is 22.5 Å². The average molecular weight is 462 g/mol. The second kappa shape index (κ2) is 11.0.